The molecule has 0 saturated heterocycles. The van der Waals surface area contributed by atoms with Gasteiger partial charge in [0.1, 0.15) is 5.58 Å². The fourth-order valence-electron chi connectivity index (χ4n) is 3.29. The zero-order valence-electron chi connectivity index (χ0n) is 14.9. The summed E-state index contributed by atoms with van der Waals surface area (Å²) in [6.45, 7) is 0. The van der Waals surface area contributed by atoms with Crippen molar-refractivity contribution in [2.45, 2.75) is 10.9 Å². The number of thioether (sulfide) groups is 1. The molecule has 0 aliphatic carbocycles. The Hall–Kier alpha value is -3.16. The van der Waals surface area contributed by atoms with Crippen LogP contribution < -0.4 is 5.63 Å². The van der Waals surface area contributed by atoms with E-state index in [-0.39, 0.29) is 5.63 Å². The van der Waals surface area contributed by atoms with Crippen molar-refractivity contribution in [3.8, 4) is 5.69 Å². The molecule has 142 valence electrons. The molecular weight excluding hydrogens is 408 g/mol. The van der Waals surface area contributed by atoms with Crippen LogP contribution in [0.5, 0.6) is 0 Å². The predicted octanol–water partition coefficient (Wildman–Crippen LogP) is 4.87. The Bertz CT molecular complexity index is 1400. The van der Waals surface area contributed by atoms with Crippen LogP contribution in [0.25, 0.3) is 27.4 Å². The van der Waals surface area contributed by atoms with Crippen LogP contribution in [-0.4, -0.2) is 20.2 Å². The highest BCUT2D eigenvalue weighted by Gasteiger charge is 2.13. The fourth-order valence-corrected chi connectivity index (χ4v) is 4.29. The van der Waals surface area contributed by atoms with Gasteiger partial charge in [-0.2, -0.15) is 4.68 Å². The van der Waals surface area contributed by atoms with Crippen molar-refractivity contribution in [3.05, 3.63) is 87.7 Å². The van der Waals surface area contributed by atoms with Gasteiger partial charge in [0.25, 0.3) is 0 Å². The minimum Gasteiger partial charge on any atom is -0.423 e. The van der Waals surface area contributed by atoms with Crippen LogP contribution >= 0.6 is 23.4 Å². The number of nitrogens with zero attached hydrogens (tertiary/aromatic N) is 4. The third kappa shape index (κ3) is 3.39. The van der Waals surface area contributed by atoms with Gasteiger partial charge in [-0.05, 0) is 57.1 Å². The first-order chi connectivity index (χ1) is 14.2. The average molecular weight is 421 g/mol. The SMILES string of the molecule is O=c1cc(CSc2nnnn2-c2ccc(Cl)cc2)c2c(ccc3ccccc32)o1. The number of tetrazole rings is 1. The molecule has 0 fully saturated rings. The van der Waals surface area contributed by atoms with Crippen molar-refractivity contribution in [2.24, 2.45) is 0 Å². The van der Waals surface area contributed by atoms with E-state index in [9.17, 15) is 4.79 Å². The molecule has 2 heterocycles. The maximum Gasteiger partial charge on any atom is 0.336 e. The number of hydrogen-bond donors (Lipinski definition) is 0. The maximum absolute atomic E-state index is 12.1. The first-order valence-corrected chi connectivity index (χ1v) is 10.2. The van der Waals surface area contributed by atoms with Crippen molar-refractivity contribution in [1.82, 2.24) is 20.2 Å². The summed E-state index contributed by atoms with van der Waals surface area (Å²) < 4.78 is 7.07. The van der Waals surface area contributed by atoms with Gasteiger partial charge in [0.15, 0.2) is 0 Å². The molecule has 0 atom stereocenters. The Balaban J connectivity index is 1.55. The molecule has 0 saturated carbocycles. The lowest BCUT2D eigenvalue weighted by molar-refractivity contribution is 0.560. The number of fused-ring (bicyclic) bond motifs is 3. The summed E-state index contributed by atoms with van der Waals surface area (Å²) in [6, 6.07) is 20.6. The van der Waals surface area contributed by atoms with Gasteiger partial charge in [0.05, 0.1) is 5.69 Å². The van der Waals surface area contributed by atoms with E-state index in [0.29, 0.717) is 21.5 Å². The molecule has 0 spiro atoms. The van der Waals surface area contributed by atoms with Gasteiger partial charge >= 0.3 is 5.63 Å². The fraction of sp³-hybridized carbons (Fsp3) is 0.0476. The molecule has 0 amide bonds. The van der Waals surface area contributed by atoms with E-state index in [0.717, 1.165) is 27.4 Å². The second kappa shape index (κ2) is 7.35. The summed E-state index contributed by atoms with van der Waals surface area (Å²) in [5.74, 6) is 0.518. The number of aromatic nitrogens is 4. The third-order valence-corrected chi connectivity index (χ3v) is 5.80. The summed E-state index contributed by atoms with van der Waals surface area (Å²) in [7, 11) is 0. The smallest absolute Gasteiger partial charge is 0.336 e. The van der Waals surface area contributed by atoms with E-state index in [1.165, 1.54) is 17.8 Å². The van der Waals surface area contributed by atoms with Gasteiger partial charge in [0, 0.05) is 22.2 Å². The van der Waals surface area contributed by atoms with Crippen molar-refractivity contribution in [2.75, 3.05) is 0 Å². The monoisotopic (exact) mass is 420 g/mol. The van der Waals surface area contributed by atoms with Gasteiger partial charge in [-0.1, -0.05) is 53.7 Å². The van der Waals surface area contributed by atoms with E-state index in [2.05, 4.69) is 15.5 Å². The largest absolute Gasteiger partial charge is 0.423 e. The predicted molar refractivity (Wildman–Crippen MR) is 114 cm³/mol. The summed E-state index contributed by atoms with van der Waals surface area (Å²) in [6.07, 6.45) is 0. The van der Waals surface area contributed by atoms with Crippen LogP contribution in [0.2, 0.25) is 5.02 Å². The zero-order valence-corrected chi connectivity index (χ0v) is 16.5. The summed E-state index contributed by atoms with van der Waals surface area (Å²) in [4.78, 5) is 12.1. The molecule has 5 aromatic rings. The van der Waals surface area contributed by atoms with E-state index in [4.69, 9.17) is 16.0 Å². The standard InChI is InChI=1S/C21H13ClN4O2S/c22-15-6-8-16(9-7-15)26-21(23-24-25-26)29-12-14-11-19(27)28-18-10-5-13-3-1-2-4-17(13)20(14)18/h1-11H,12H2. The van der Waals surface area contributed by atoms with E-state index >= 15 is 0 Å². The average Bonchev–Trinajstić information content (AvgIpc) is 3.20. The zero-order chi connectivity index (χ0) is 19.8. The molecule has 0 unspecified atom stereocenters. The Kier molecular flexibility index (Phi) is 4.54. The molecule has 0 aliphatic rings. The molecule has 5 rings (SSSR count). The van der Waals surface area contributed by atoms with Gasteiger partial charge in [0.2, 0.25) is 5.16 Å². The van der Waals surface area contributed by atoms with E-state index < -0.39 is 0 Å². The van der Waals surface area contributed by atoms with Crippen molar-refractivity contribution in [3.63, 3.8) is 0 Å². The molecule has 0 aliphatic heterocycles. The molecule has 29 heavy (non-hydrogen) atoms. The highest BCUT2D eigenvalue weighted by atomic mass is 35.5. The van der Waals surface area contributed by atoms with Gasteiger partial charge in [-0.25, -0.2) is 4.79 Å². The maximum atomic E-state index is 12.1. The van der Waals surface area contributed by atoms with Gasteiger partial charge in [-0.15, -0.1) is 5.10 Å². The van der Waals surface area contributed by atoms with Crippen molar-refractivity contribution in [1.29, 1.82) is 0 Å². The van der Waals surface area contributed by atoms with E-state index in [1.807, 2.05) is 48.5 Å². The minimum absolute atomic E-state index is 0.374. The topological polar surface area (TPSA) is 73.8 Å². The van der Waals surface area contributed by atoms with Crippen LogP contribution in [0.3, 0.4) is 0 Å². The van der Waals surface area contributed by atoms with Crippen LogP contribution in [0, 0.1) is 0 Å². The number of halogens is 1. The normalized spacial score (nSPS) is 11.3. The summed E-state index contributed by atoms with van der Waals surface area (Å²) in [5.41, 5.74) is 1.89. The second-order valence-corrected chi connectivity index (χ2v) is 7.77. The number of benzene rings is 3. The molecule has 0 N–H and O–H groups in total. The summed E-state index contributed by atoms with van der Waals surface area (Å²) >= 11 is 7.42. The first kappa shape index (κ1) is 17.9. The van der Waals surface area contributed by atoms with Crippen LogP contribution in [-0.2, 0) is 5.75 Å². The minimum atomic E-state index is -0.374. The van der Waals surface area contributed by atoms with Crippen LogP contribution in [0.15, 0.2) is 81.1 Å². The Labute approximate surface area is 174 Å². The molecule has 0 bridgehead atoms. The number of rotatable bonds is 4. The van der Waals surface area contributed by atoms with Gasteiger partial charge < -0.3 is 4.42 Å². The molecule has 3 aromatic carbocycles. The number of hydrogen-bond acceptors (Lipinski definition) is 6. The van der Waals surface area contributed by atoms with Crippen LogP contribution in [0.4, 0.5) is 0 Å². The second-order valence-electron chi connectivity index (χ2n) is 6.39. The molecule has 0 radical (unpaired) electrons. The lowest BCUT2D eigenvalue weighted by Gasteiger charge is -2.09. The van der Waals surface area contributed by atoms with Gasteiger partial charge in [-0.3, -0.25) is 0 Å². The Morgan fingerprint density at radius 2 is 1.86 bits per heavy atom. The quantitative estimate of drug-likeness (QED) is 0.234. The molecule has 2 aromatic heterocycles. The Morgan fingerprint density at radius 3 is 2.72 bits per heavy atom. The van der Waals surface area contributed by atoms with E-state index in [1.54, 1.807) is 16.8 Å². The van der Waals surface area contributed by atoms with Crippen molar-refractivity contribution >= 4 is 45.1 Å². The highest BCUT2D eigenvalue weighted by molar-refractivity contribution is 7.98. The lowest BCUT2D eigenvalue weighted by atomic mass is 10.0. The van der Waals surface area contributed by atoms with Crippen LogP contribution in [0.1, 0.15) is 5.56 Å². The molecule has 8 heteroatoms. The Morgan fingerprint density at radius 1 is 1.03 bits per heavy atom. The highest BCUT2D eigenvalue weighted by Crippen LogP contribution is 2.31. The first-order valence-electron chi connectivity index (χ1n) is 8.81. The third-order valence-electron chi connectivity index (χ3n) is 4.58. The molecular formula is C21H13ClN4O2S. The molecule has 6 nitrogen and oxygen atoms in total. The summed E-state index contributed by atoms with van der Waals surface area (Å²) in [5, 5.41) is 16.3. The van der Waals surface area contributed by atoms with Crippen molar-refractivity contribution < 1.29 is 4.42 Å². The lowest BCUT2D eigenvalue weighted by Crippen LogP contribution is -2.02.